The van der Waals surface area contributed by atoms with E-state index in [0.29, 0.717) is 12.5 Å². The predicted octanol–water partition coefficient (Wildman–Crippen LogP) is 8.13. The fraction of sp³-hybridized carbons (Fsp3) is 0.618. The van der Waals surface area contributed by atoms with Gasteiger partial charge in [0, 0.05) is 37.3 Å². The SMILES string of the molecule is CCC(C)(C)C(=O)C(C)=O.CCCCC(C)CN(C)C(CCCc1ccccc1)CCCc1cccnc1. The molecule has 2 unspecified atom stereocenters. The number of pyridine rings is 1. The second kappa shape index (κ2) is 18.8. The minimum atomic E-state index is -0.466. The molecule has 212 valence electrons. The quantitative estimate of drug-likeness (QED) is 0.197. The lowest BCUT2D eigenvalue weighted by Crippen LogP contribution is -2.35. The summed E-state index contributed by atoms with van der Waals surface area (Å²) in [5.41, 5.74) is 2.37. The van der Waals surface area contributed by atoms with E-state index in [1.807, 2.05) is 25.4 Å². The van der Waals surface area contributed by atoms with Crippen LogP contribution in [0.25, 0.3) is 0 Å². The molecule has 0 fully saturated rings. The number of carbonyl (C=O) groups excluding carboxylic acids is 2. The highest BCUT2D eigenvalue weighted by Crippen LogP contribution is 2.21. The number of unbranched alkanes of at least 4 members (excludes halogenated alkanes) is 1. The Morgan fingerprint density at radius 1 is 0.895 bits per heavy atom. The van der Waals surface area contributed by atoms with Crippen molar-refractivity contribution >= 4 is 11.6 Å². The van der Waals surface area contributed by atoms with Crippen LogP contribution in [0.3, 0.4) is 0 Å². The van der Waals surface area contributed by atoms with E-state index in [1.165, 1.54) is 76.0 Å². The predicted molar refractivity (Wildman–Crippen MR) is 161 cm³/mol. The van der Waals surface area contributed by atoms with Crippen molar-refractivity contribution in [1.29, 1.82) is 0 Å². The topological polar surface area (TPSA) is 50.3 Å². The van der Waals surface area contributed by atoms with Gasteiger partial charge in [-0.3, -0.25) is 14.6 Å². The average molecular weight is 523 g/mol. The number of aryl methyl sites for hydroxylation is 2. The Hall–Kier alpha value is -2.33. The first-order chi connectivity index (χ1) is 18.1. The highest BCUT2D eigenvalue weighted by molar-refractivity contribution is 6.38. The van der Waals surface area contributed by atoms with E-state index in [-0.39, 0.29) is 11.6 Å². The molecule has 1 aromatic heterocycles. The molecule has 1 aromatic carbocycles. The van der Waals surface area contributed by atoms with Crippen LogP contribution in [0.5, 0.6) is 0 Å². The largest absolute Gasteiger partial charge is 0.303 e. The summed E-state index contributed by atoms with van der Waals surface area (Å²) in [5, 5.41) is 0. The lowest BCUT2D eigenvalue weighted by Gasteiger charge is -2.31. The molecule has 0 saturated heterocycles. The summed E-state index contributed by atoms with van der Waals surface area (Å²) in [4.78, 5) is 28.6. The van der Waals surface area contributed by atoms with E-state index in [2.05, 4.69) is 67.2 Å². The third-order valence-electron chi connectivity index (χ3n) is 7.66. The van der Waals surface area contributed by atoms with E-state index < -0.39 is 5.41 Å². The van der Waals surface area contributed by atoms with Crippen LogP contribution in [-0.2, 0) is 22.4 Å². The van der Waals surface area contributed by atoms with Gasteiger partial charge in [-0.1, -0.05) is 83.9 Å². The summed E-state index contributed by atoms with van der Waals surface area (Å²) in [5.74, 6) is 0.182. The fourth-order valence-electron chi connectivity index (χ4n) is 4.78. The molecule has 2 aromatic rings. The van der Waals surface area contributed by atoms with Crippen molar-refractivity contribution in [3.63, 3.8) is 0 Å². The summed E-state index contributed by atoms with van der Waals surface area (Å²) >= 11 is 0. The first-order valence-corrected chi connectivity index (χ1v) is 14.8. The van der Waals surface area contributed by atoms with Gasteiger partial charge in [-0.15, -0.1) is 0 Å². The van der Waals surface area contributed by atoms with Crippen LogP contribution < -0.4 is 0 Å². The van der Waals surface area contributed by atoms with Crippen molar-refractivity contribution in [2.75, 3.05) is 13.6 Å². The molecule has 0 aliphatic carbocycles. The van der Waals surface area contributed by atoms with E-state index in [4.69, 9.17) is 0 Å². The van der Waals surface area contributed by atoms with Gasteiger partial charge in [0.05, 0.1) is 0 Å². The molecule has 4 heteroatoms. The second-order valence-corrected chi connectivity index (χ2v) is 11.6. The molecule has 0 aliphatic heterocycles. The first kappa shape index (κ1) is 33.7. The number of aromatic nitrogens is 1. The molecule has 0 radical (unpaired) electrons. The van der Waals surface area contributed by atoms with Gasteiger partial charge in [-0.2, -0.15) is 0 Å². The summed E-state index contributed by atoms with van der Waals surface area (Å²) in [6.07, 6.45) is 16.0. The molecule has 0 N–H and O–H groups in total. The zero-order valence-corrected chi connectivity index (χ0v) is 25.3. The van der Waals surface area contributed by atoms with Crippen LogP contribution in [0, 0.1) is 11.3 Å². The van der Waals surface area contributed by atoms with Crippen LogP contribution in [0.1, 0.15) is 104 Å². The number of benzene rings is 1. The molecule has 4 nitrogen and oxygen atoms in total. The minimum absolute atomic E-state index is 0.269. The molecule has 2 rings (SSSR count). The van der Waals surface area contributed by atoms with Crippen LogP contribution >= 0.6 is 0 Å². The van der Waals surface area contributed by atoms with Crippen molar-refractivity contribution in [3.8, 4) is 0 Å². The summed E-state index contributed by atoms with van der Waals surface area (Å²) in [6, 6.07) is 15.9. The Balaban J connectivity index is 0.000000612. The maximum atomic E-state index is 11.0. The Morgan fingerprint density at radius 3 is 2.00 bits per heavy atom. The van der Waals surface area contributed by atoms with E-state index >= 15 is 0 Å². The second-order valence-electron chi connectivity index (χ2n) is 11.6. The Morgan fingerprint density at radius 2 is 1.50 bits per heavy atom. The number of rotatable bonds is 17. The summed E-state index contributed by atoms with van der Waals surface area (Å²) < 4.78 is 0. The molecule has 1 heterocycles. The number of Topliss-reactive ketones (excluding diaryl/α,β-unsaturated/α-hetero) is 2. The number of ketones is 2. The molecule has 38 heavy (non-hydrogen) atoms. The number of nitrogens with zero attached hydrogens (tertiary/aromatic N) is 2. The monoisotopic (exact) mass is 522 g/mol. The fourth-order valence-corrected chi connectivity index (χ4v) is 4.78. The van der Waals surface area contributed by atoms with E-state index in [0.717, 1.165) is 12.3 Å². The standard InChI is InChI=1S/C26H40N2.C8H14O2/c1-4-5-12-23(2)22-28(3)26(18-9-15-24-13-7-6-8-14-24)19-10-16-25-17-11-20-27-21-25;1-5-8(3,4)7(10)6(2)9/h6-8,11,13-14,17,20-21,23,26H,4-5,9-10,12,15-16,18-19,22H2,1-3H3;5H2,1-4H3. The van der Waals surface area contributed by atoms with Gasteiger partial charge in [0.15, 0.2) is 5.78 Å². The van der Waals surface area contributed by atoms with Crippen LogP contribution in [0.4, 0.5) is 0 Å². The minimum Gasteiger partial charge on any atom is -0.303 e. The van der Waals surface area contributed by atoms with Crippen molar-refractivity contribution in [2.24, 2.45) is 11.3 Å². The van der Waals surface area contributed by atoms with Gasteiger partial charge in [0.2, 0.25) is 5.78 Å². The number of carbonyl (C=O) groups is 2. The van der Waals surface area contributed by atoms with Gasteiger partial charge in [0.25, 0.3) is 0 Å². The number of hydrogen-bond acceptors (Lipinski definition) is 4. The molecular weight excluding hydrogens is 468 g/mol. The third-order valence-corrected chi connectivity index (χ3v) is 7.66. The molecular formula is C34H54N2O2. The number of hydrogen-bond donors (Lipinski definition) is 0. The normalized spacial score (nSPS) is 12.9. The van der Waals surface area contributed by atoms with E-state index in [9.17, 15) is 9.59 Å². The zero-order valence-electron chi connectivity index (χ0n) is 25.3. The molecule has 0 amide bonds. The third kappa shape index (κ3) is 14.0. The summed E-state index contributed by atoms with van der Waals surface area (Å²) in [7, 11) is 2.35. The zero-order chi connectivity index (χ0) is 28.4. The molecule has 0 saturated carbocycles. The Bertz CT molecular complexity index is 850. The first-order valence-electron chi connectivity index (χ1n) is 14.8. The van der Waals surface area contributed by atoms with E-state index in [1.54, 1.807) is 13.8 Å². The van der Waals surface area contributed by atoms with Crippen molar-refractivity contribution in [1.82, 2.24) is 9.88 Å². The van der Waals surface area contributed by atoms with Crippen LogP contribution in [0.15, 0.2) is 54.9 Å². The van der Waals surface area contributed by atoms with Gasteiger partial charge in [-0.25, -0.2) is 0 Å². The van der Waals surface area contributed by atoms with Gasteiger partial charge in [-0.05, 0) is 81.5 Å². The van der Waals surface area contributed by atoms with Crippen molar-refractivity contribution in [3.05, 3.63) is 66.0 Å². The van der Waals surface area contributed by atoms with Crippen molar-refractivity contribution < 1.29 is 9.59 Å². The maximum absolute atomic E-state index is 11.0. The van der Waals surface area contributed by atoms with Gasteiger partial charge >= 0.3 is 0 Å². The maximum Gasteiger partial charge on any atom is 0.203 e. The Labute approximate surface area is 233 Å². The lowest BCUT2D eigenvalue weighted by molar-refractivity contribution is -0.140. The van der Waals surface area contributed by atoms with Crippen molar-refractivity contribution in [2.45, 2.75) is 112 Å². The molecule has 0 aliphatic rings. The van der Waals surface area contributed by atoms with Crippen LogP contribution in [0.2, 0.25) is 0 Å². The highest BCUT2D eigenvalue weighted by atomic mass is 16.2. The molecule has 0 bridgehead atoms. The highest BCUT2D eigenvalue weighted by Gasteiger charge is 2.28. The molecule has 0 spiro atoms. The van der Waals surface area contributed by atoms with Gasteiger partial charge in [0.1, 0.15) is 0 Å². The average Bonchev–Trinajstić information content (AvgIpc) is 2.92. The Kier molecular flexibility index (Phi) is 16.7. The smallest absolute Gasteiger partial charge is 0.203 e. The van der Waals surface area contributed by atoms with Gasteiger partial charge < -0.3 is 4.90 Å². The summed E-state index contributed by atoms with van der Waals surface area (Å²) in [6.45, 7) is 12.7. The van der Waals surface area contributed by atoms with Crippen LogP contribution in [-0.4, -0.2) is 41.1 Å². The lowest BCUT2D eigenvalue weighted by atomic mass is 9.84. The molecule has 2 atom stereocenters.